The standard InChI is InChI=1S/C24H38O6/c1-22(2,3)13-24(7,23(4,5)6)21(27)28-12-18(25)30-19-15-8-14-9-16(11-15)20(26)29-17(19)10-14/h14-17,19H,8-13H2,1-7H3. The Morgan fingerprint density at radius 1 is 1.00 bits per heavy atom. The minimum Gasteiger partial charge on any atom is -0.458 e. The second-order valence-corrected chi connectivity index (χ2v) is 12.1. The zero-order chi connectivity index (χ0) is 22.5. The highest BCUT2D eigenvalue weighted by molar-refractivity contribution is 5.81. The molecule has 2 saturated carbocycles. The highest BCUT2D eigenvalue weighted by Gasteiger charge is 2.52. The van der Waals surface area contributed by atoms with Gasteiger partial charge >= 0.3 is 17.9 Å². The topological polar surface area (TPSA) is 78.9 Å². The predicted molar refractivity (Wildman–Crippen MR) is 111 cm³/mol. The van der Waals surface area contributed by atoms with Crippen LogP contribution in [0.1, 0.15) is 80.6 Å². The summed E-state index contributed by atoms with van der Waals surface area (Å²) in [4.78, 5) is 37.8. The highest BCUT2D eigenvalue weighted by Crippen LogP contribution is 2.49. The first kappa shape index (κ1) is 23.1. The summed E-state index contributed by atoms with van der Waals surface area (Å²) in [6, 6.07) is 0. The van der Waals surface area contributed by atoms with Crippen LogP contribution in [0.2, 0.25) is 0 Å². The zero-order valence-electron chi connectivity index (χ0n) is 19.6. The van der Waals surface area contributed by atoms with Crippen molar-refractivity contribution >= 4 is 17.9 Å². The van der Waals surface area contributed by atoms with E-state index in [2.05, 4.69) is 20.8 Å². The summed E-state index contributed by atoms with van der Waals surface area (Å²) in [5.74, 6) is -0.535. The van der Waals surface area contributed by atoms with Crippen LogP contribution in [0.3, 0.4) is 0 Å². The fourth-order valence-corrected chi connectivity index (χ4v) is 5.61. The lowest BCUT2D eigenvalue weighted by Crippen LogP contribution is -2.47. The molecule has 6 nitrogen and oxygen atoms in total. The molecular weight excluding hydrogens is 384 g/mol. The number of hydrogen-bond donors (Lipinski definition) is 0. The van der Waals surface area contributed by atoms with E-state index in [4.69, 9.17) is 14.2 Å². The van der Waals surface area contributed by atoms with Gasteiger partial charge in [-0.1, -0.05) is 41.5 Å². The Morgan fingerprint density at radius 2 is 1.67 bits per heavy atom. The molecule has 0 N–H and O–H groups in total. The fourth-order valence-electron chi connectivity index (χ4n) is 5.61. The fraction of sp³-hybridized carbons (Fsp3) is 0.875. The molecule has 0 aromatic rings. The van der Waals surface area contributed by atoms with Crippen molar-refractivity contribution in [2.45, 2.75) is 92.8 Å². The maximum absolute atomic E-state index is 13.0. The number of carbonyl (C=O) groups is 3. The van der Waals surface area contributed by atoms with Crippen molar-refractivity contribution in [3.63, 3.8) is 0 Å². The van der Waals surface area contributed by atoms with Crippen molar-refractivity contribution < 1.29 is 28.6 Å². The molecule has 4 bridgehead atoms. The van der Waals surface area contributed by atoms with Gasteiger partial charge in [-0.3, -0.25) is 9.59 Å². The summed E-state index contributed by atoms with van der Waals surface area (Å²) in [6.45, 7) is 13.8. The van der Waals surface area contributed by atoms with Crippen molar-refractivity contribution in [3.05, 3.63) is 0 Å². The zero-order valence-corrected chi connectivity index (χ0v) is 19.6. The van der Waals surface area contributed by atoms with Gasteiger partial charge in [-0.05, 0) is 55.8 Å². The first-order chi connectivity index (χ1) is 13.7. The van der Waals surface area contributed by atoms with E-state index in [0.717, 1.165) is 25.7 Å². The second-order valence-electron chi connectivity index (χ2n) is 12.1. The molecule has 170 valence electrons. The second kappa shape index (κ2) is 7.83. The van der Waals surface area contributed by atoms with Gasteiger partial charge in [0.25, 0.3) is 0 Å². The largest absolute Gasteiger partial charge is 0.458 e. The maximum Gasteiger partial charge on any atom is 0.344 e. The summed E-state index contributed by atoms with van der Waals surface area (Å²) in [6.07, 6.45) is 3.18. The Labute approximate surface area is 180 Å². The van der Waals surface area contributed by atoms with Gasteiger partial charge in [-0.2, -0.15) is 0 Å². The van der Waals surface area contributed by atoms with Crippen molar-refractivity contribution in [2.75, 3.05) is 6.61 Å². The molecule has 6 heteroatoms. The molecule has 2 aliphatic heterocycles. The molecule has 0 radical (unpaired) electrons. The molecule has 2 heterocycles. The lowest BCUT2D eigenvalue weighted by molar-refractivity contribution is -0.183. The molecular formula is C24H38O6. The van der Waals surface area contributed by atoms with Crippen LogP contribution >= 0.6 is 0 Å². The molecule has 4 rings (SSSR count). The van der Waals surface area contributed by atoms with E-state index >= 15 is 0 Å². The van der Waals surface area contributed by atoms with Crippen LogP contribution < -0.4 is 0 Å². The summed E-state index contributed by atoms with van der Waals surface area (Å²) in [7, 11) is 0. The van der Waals surface area contributed by atoms with Crippen LogP contribution in [0.4, 0.5) is 0 Å². The van der Waals surface area contributed by atoms with Crippen LogP contribution in [-0.4, -0.2) is 36.7 Å². The third-order valence-corrected chi connectivity index (χ3v) is 7.42. The van der Waals surface area contributed by atoms with Crippen molar-refractivity contribution in [1.82, 2.24) is 0 Å². The Kier molecular flexibility index (Phi) is 6.02. The van der Waals surface area contributed by atoms with Crippen LogP contribution in [-0.2, 0) is 28.6 Å². The molecule has 30 heavy (non-hydrogen) atoms. The molecule has 0 spiro atoms. The van der Waals surface area contributed by atoms with Gasteiger partial charge in [0.05, 0.1) is 11.3 Å². The van der Waals surface area contributed by atoms with Crippen molar-refractivity contribution in [2.24, 2.45) is 34.0 Å². The van der Waals surface area contributed by atoms with Gasteiger partial charge in [0.15, 0.2) is 6.61 Å². The molecule has 2 aliphatic carbocycles. The molecule has 2 saturated heterocycles. The Hall–Kier alpha value is -1.59. The highest BCUT2D eigenvalue weighted by atomic mass is 16.6. The Balaban J connectivity index is 1.61. The maximum atomic E-state index is 13.0. The van der Waals surface area contributed by atoms with E-state index in [1.165, 1.54) is 0 Å². The minimum atomic E-state index is -0.735. The Morgan fingerprint density at radius 3 is 2.27 bits per heavy atom. The van der Waals surface area contributed by atoms with E-state index in [1.54, 1.807) is 0 Å². The average molecular weight is 423 g/mol. The van der Waals surface area contributed by atoms with E-state index in [-0.39, 0.29) is 40.7 Å². The van der Waals surface area contributed by atoms with Gasteiger partial charge in [-0.15, -0.1) is 0 Å². The van der Waals surface area contributed by atoms with Crippen molar-refractivity contribution in [1.29, 1.82) is 0 Å². The summed E-state index contributed by atoms with van der Waals surface area (Å²) >= 11 is 0. The van der Waals surface area contributed by atoms with Crippen LogP contribution in [0.15, 0.2) is 0 Å². The molecule has 6 atom stereocenters. The average Bonchev–Trinajstić information content (AvgIpc) is 2.75. The number of carbonyl (C=O) groups excluding carboxylic acids is 3. The lowest BCUT2D eigenvalue weighted by atomic mass is 9.61. The first-order valence-corrected chi connectivity index (χ1v) is 11.3. The van der Waals surface area contributed by atoms with Gasteiger partial charge in [0.1, 0.15) is 12.2 Å². The molecule has 0 aromatic carbocycles. The quantitative estimate of drug-likeness (QED) is 0.486. The van der Waals surface area contributed by atoms with E-state index < -0.39 is 24.1 Å². The number of esters is 3. The van der Waals surface area contributed by atoms with Crippen LogP contribution in [0.25, 0.3) is 0 Å². The molecule has 6 unspecified atom stereocenters. The third-order valence-electron chi connectivity index (χ3n) is 7.42. The van der Waals surface area contributed by atoms with Gasteiger partial charge in [-0.25, -0.2) is 4.79 Å². The Bertz CT molecular complexity index is 699. The number of rotatable bonds is 5. The van der Waals surface area contributed by atoms with Gasteiger partial charge in [0.2, 0.25) is 0 Å². The summed E-state index contributed by atoms with van der Waals surface area (Å²) in [5, 5.41) is 0. The van der Waals surface area contributed by atoms with E-state index in [9.17, 15) is 14.4 Å². The van der Waals surface area contributed by atoms with Crippen LogP contribution in [0, 0.1) is 34.0 Å². The van der Waals surface area contributed by atoms with Gasteiger partial charge in [0, 0.05) is 5.92 Å². The number of ether oxygens (including phenoxy) is 3. The number of fused-ring (bicyclic) bond motifs is 1. The van der Waals surface area contributed by atoms with Gasteiger partial charge < -0.3 is 14.2 Å². The summed E-state index contributed by atoms with van der Waals surface area (Å²) < 4.78 is 16.8. The lowest BCUT2D eigenvalue weighted by Gasteiger charge is -2.43. The SMILES string of the molecule is CC(C)(C)CC(C)(C(=O)OCC(=O)OC1C2CC3CC(C2)C(=O)OC1C3)C(C)(C)C. The van der Waals surface area contributed by atoms with Crippen LogP contribution in [0.5, 0.6) is 0 Å². The molecule has 0 amide bonds. The number of hydrogen-bond acceptors (Lipinski definition) is 6. The van der Waals surface area contributed by atoms with E-state index in [0.29, 0.717) is 12.3 Å². The first-order valence-electron chi connectivity index (χ1n) is 11.3. The molecule has 4 aliphatic rings. The smallest absolute Gasteiger partial charge is 0.344 e. The van der Waals surface area contributed by atoms with E-state index in [1.807, 2.05) is 27.7 Å². The molecule has 0 aromatic heterocycles. The predicted octanol–water partition coefficient (Wildman–Crippen LogP) is 4.29. The monoisotopic (exact) mass is 422 g/mol. The molecule has 4 fully saturated rings. The third kappa shape index (κ3) is 4.67. The summed E-state index contributed by atoms with van der Waals surface area (Å²) in [5.41, 5.74) is -1.12. The normalized spacial score (nSPS) is 32.8. The van der Waals surface area contributed by atoms with Crippen molar-refractivity contribution in [3.8, 4) is 0 Å². The minimum absolute atomic E-state index is 0.0647.